The molecule has 1 amide bonds. The lowest BCUT2D eigenvalue weighted by molar-refractivity contribution is -0.114. The van der Waals surface area contributed by atoms with Crippen molar-refractivity contribution in [3.8, 4) is 0 Å². The van der Waals surface area contributed by atoms with Gasteiger partial charge in [-0.25, -0.2) is 0 Å². The summed E-state index contributed by atoms with van der Waals surface area (Å²) in [5, 5.41) is 7.11. The molecule has 2 aromatic rings. The first-order chi connectivity index (χ1) is 9.99. The van der Waals surface area contributed by atoms with Crippen LogP contribution in [0.2, 0.25) is 15.1 Å². The summed E-state index contributed by atoms with van der Waals surface area (Å²) < 4.78 is 0. The number of hydrogen-bond acceptors (Lipinski definition) is 2. The normalized spacial score (nSPS) is 10.3. The molecule has 21 heavy (non-hydrogen) atoms. The number of rotatable bonds is 4. The lowest BCUT2D eigenvalue weighted by Gasteiger charge is -2.12. The van der Waals surface area contributed by atoms with Crippen LogP contribution in [0.25, 0.3) is 0 Å². The highest BCUT2D eigenvalue weighted by molar-refractivity contribution is 6.44. The van der Waals surface area contributed by atoms with Crippen molar-refractivity contribution in [1.29, 1.82) is 0 Å². The molecule has 0 aliphatic rings. The summed E-state index contributed by atoms with van der Waals surface area (Å²) in [7, 11) is 0. The largest absolute Gasteiger partial charge is 0.376 e. The minimum Gasteiger partial charge on any atom is -0.376 e. The minimum absolute atomic E-state index is 0.101. The first-order valence-corrected chi connectivity index (χ1v) is 7.35. The van der Waals surface area contributed by atoms with E-state index in [1.807, 2.05) is 19.1 Å². The van der Waals surface area contributed by atoms with Crippen LogP contribution in [0, 0.1) is 6.92 Å². The van der Waals surface area contributed by atoms with Crippen LogP contribution >= 0.6 is 34.8 Å². The molecule has 0 spiro atoms. The van der Waals surface area contributed by atoms with E-state index in [-0.39, 0.29) is 12.5 Å². The monoisotopic (exact) mass is 342 g/mol. The first kappa shape index (κ1) is 16.0. The number of anilines is 2. The lowest BCUT2D eigenvalue weighted by atomic mass is 10.2. The minimum atomic E-state index is -0.224. The van der Waals surface area contributed by atoms with Gasteiger partial charge in [0.05, 0.1) is 22.3 Å². The molecule has 2 rings (SSSR count). The van der Waals surface area contributed by atoms with Gasteiger partial charge in [-0.15, -0.1) is 0 Å². The van der Waals surface area contributed by atoms with Gasteiger partial charge in [-0.05, 0) is 36.8 Å². The summed E-state index contributed by atoms with van der Waals surface area (Å²) >= 11 is 17.9. The Morgan fingerprint density at radius 3 is 2.33 bits per heavy atom. The van der Waals surface area contributed by atoms with Crippen molar-refractivity contribution in [1.82, 2.24) is 0 Å². The molecule has 0 fully saturated rings. The third-order valence-corrected chi connectivity index (χ3v) is 4.16. The van der Waals surface area contributed by atoms with Crippen LogP contribution in [-0.2, 0) is 4.79 Å². The fraction of sp³-hybridized carbons (Fsp3) is 0.133. The summed E-state index contributed by atoms with van der Waals surface area (Å²) in [6, 6.07) is 10.6. The summed E-state index contributed by atoms with van der Waals surface area (Å²) in [5.74, 6) is -0.224. The Bertz CT molecular complexity index is 674. The summed E-state index contributed by atoms with van der Waals surface area (Å²) in [6.45, 7) is 1.99. The van der Waals surface area contributed by atoms with Crippen molar-refractivity contribution in [2.75, 3.05) is 17.2 Å². The number of amides is 1. The Kier molecular flexibility index (Phi) is 5.34. The zero-order valence-electron chi connectivity index (χ0n) is 11.2. The fourth-order valence-corrected chi connectivity index (χ4v) is 2.29. The number of carbonyl (C=O) groups is 1. The number of carbonyl (C=O) groups excluding carboxylic acids is 1. The van der Waals surface area contributed by atoms with Crippen LogP contribution in [0.3, 0.4) is 0 Å². The van der Waals surface area contributed by atoms with Crippen LogP contribution in [-0.4, -0.2) is 12.5 Å². The first-order valence-electron chi connectivity index (χ1n) is 6.22. The van der Waals surface area contributed by atoms with Crippen LogP contribution in [0.5, 0.6) is 0 Å². The summed E-state index contributed by atoms with van der Waals surface area (Å²) in [6.07, 6.45) is 0. The Hall–Kier alpha value is -1.42. The predicted molar refractivity (Wildman–Crippen MR) is 89.8 cm³/mol. The second-order valence-electron chi connectivity index (χ2n) is 4.42. The third kappa shape index (κ3) is 4.03. The smallest absolute Gasteiger partial charge is 0.243 e. The summed E-state index contributed by atoms with van der Waals surface area (Å²) in [4.78, 5) is 11.9. The molecule has 0 unspecified atom stereocenters. The van der Waals surface area contributed by atoms with E-state index in [1.165, 1.54) is 0 Å². The number of hydrogen-bond donors (Lipinski definition) is 2. The topological polar surface area (TPSA) is 41.1 Å². The van der Waals surface area contributed by atoms with E-state index in [9.17, 15) is 4.79 Å². The second-order valence-corrected chi connectivity index (χ2v) is 5.61. The van der Waals surface area contributed by atoms with Gasteiger partial charge in [0, 0.05) is 10.7 Å². The van der Waals surface area contributed by atoms with Gasteiger partial charge in [-0.1, -0.05) is 46.9 Å². The molecule has 0 saturated heterocycles. The molecule has 0 bridgehead atoms. The molecule has 2 aromatic carbocycles. The zero-order valence-corrected chi connectivity index (χ0v) is 13.5. The maximum atomic E-state index is 11.9. The molecule has 0 aromatic heterocycles. The van der Waals surface area contributed by atoms with E-state index < -0.39 is 0 Å². The molecule has 0 heterocycles. The van der Waals surface area contributed by atoms with E-state index in [0.29, 0.717) is 20.8 Å². The van der Waals surface area contributed by atoms with Crippen LogP contribution in [0.1, 0.15) is 5.56 Å². The molecule has 110 valence electrons. The number of benzene rings is 2. The van der Waals surface area contributed by atoms with Crippen molar-refractivity contribution in [2.24, 2.45) is 0 Å². The molecular formula is C15H13Cl3N2O. The van der Waals surface area contributed by atoms with Crippen LogP contribution < -0.4 is 10.6 Å². The van der Waals surface area contributed by atoms with Crippen molar-refractivity contribution < 1.29 is 4.79 Å². The Morgan fingerprint density at radius 1 is 1.00 bits per heavy atom. The molecule has 0 saturated carbocycles. The average Bonchev–Trinajstić information content (AvgIpc) is 2.45. The highest BCUT2D eigenvalue weighted by Crippen LogP contribution is 2.29. The highest BCUT2D eigenvalue weighted by atomic mass is 35.5. The van der Waals surface area contributed by atoms with Gasteiger partial charge in [0.25, 0.3) is 0 Å². The highest BCUT2D eigenvalue weighted by Gasteiger charge is 2.09. The van der Waals surface area contributed by atoms with E-state index in [2.05, 4.69) is 10.6 Å². The molecule has 3 nitrogen and oxygen atoms in total. The molecule has 0 atom stereocenters. The third-order valence-electron chi connectivity index (χ3n) is 2.93. The molecule has 0 radical (unpaired) electrons. The van der Waals surface area contributed by atoms with Crippen LogP contribution in [0.4, 0.5) is 11.4 Å². The Labute approximate surface area is 138 Å². The van der Waals surface area contributed by atoms with Gasteiger partial charge in [0.15, 0.2) is 0 Å². The van der Waals surface area contributed by atoms with E-state index >= 15 is 0 Å². The number of nitrogens with one attached hydrogen (secondary N) is 2. The van der Waals surface area contributed by atoms with Gasteiger partial charge >= 0.3 is 0 Å². The van der Waals surface area contributed by atoms with Gasteiger partial charge in [-0.2, -0.15) is 0 Å². The fourth-order valence-electron chi connectivity index (χ4n) is 1.77. The second kappa shape index (κ2) is 7.03. The predicted octanol–water partition coefficient (Wildman–Crippen LogP) is 5.01. The van der Waals surface area contributed by atoms with Crippen molar-refractivity contribution in [3.63, 3.8) is 0 Å². The lowest BCUT2D eigenvalue weighted by Crippen LogP contribution is -2.22. The van der Waals surface area contributed by atoms with Gasteiger partial charge in [-0.3, -0.25) is 4.79 Å². The summed E-state index contributed by atoms with van der Waals surface area (Å²) in [5.41, 5.74) is 2.20. The van der Waals surface area contributed by atoms with Gasteiger partial charge in [0.2, 0.25) is 5.91 Å². The van der Waals surface area contributed by atoms with Crippen LogP contribution in [0.15, 0.2) is 36.4 Å². The standard InChI is InChI=1S/C15H13Cl3N2O/c1-9-10(16)4-2-6-12(9)19-8-14(21)20-13-7-3-5-11(17)15(13)18/h2-7,19H,8H2,1H3,(H,20,21). The van der Waals surface area contributed by atoms with Crippen molar-refractivity contribution in [2.45, 2.75) is 6.92 Å². The molecular weight excluding hydrogens is 331 g/mol. The zero-order chi connectivity index (χ0) is 15.4. The van der Waals surface area contributed by atoms with E-state index in [4.69, 9.17) is 34.8 Å². The quantitative estimate of drug-likeness (QED) is 0.819. The van der Waals surface area contributed by atoms with Crippen molar-refractivity contribution in [3.05, 3.63) is 57.0 Å². The molecule has 6 heteroatoms. The van der Waals surface area contributed by atoms with Crippen molar-refractivity contribution >= 4 is 52.1 Å². The van der Waals surface area contributed by atoms with Gasteiger partial charge in [0.1, 0.15) is 0 Å². The van der Waals surface area contributed by atoms with E-state index in [0.717, 1.165) is 11.3 Å². The van der Waals surface area contributed by atoms with E-state index in [1.54, 1.807) is 24.3 Å². The average molecular weight is 344 g/mol. The van der Waals surface area contributed by atoms with Gasteiger partial charge < -0.3 is 10.6 Å². The molecule has 0 aliphatic carbocycles. The SMILES string of the molecule is Cc1c(Cl)cccc1NCC(=O)Nc1cccc(Cl)c1Cl. The Balaban J connectivity index is 1.99. The molecule has 0 aliphatic heterocycles. The molecule has 2 N–H and O–H groups in total. The Morgan fingerprint density at radius 2 is 1.62 bits per heavy atom. The maximum Gasteiger partial charge on any atom is 0.243 e. The maximum absolute atomic E-state index is 11.9. The number of halogens is 3.